The van der Waals surface area contributed by atoms with Crippen molar-refractivity contribution in [3.05, 3.63) is 40.9 Å². The molecule has 0 spiro atoms. The third kappa shape index (κ3) is 2.61. The first-order chi connectivity index (χ1) is 10.2. The Morgan fingerprint density at radius 2 is 2.05 bits per heavy atom. The van der Waals surface area contributed by atoms with Gasteiger partial charge in [0.25, 0.3) is 5.56 Å². The van der Waals surface area contributed by atoms with E-state index in [0.717, 1.165) is 25.9 Å². The number of amides is 1. The lowest BCUT2D eigenvalue weighted by atomic mass is 10.2. The summed E-state index contributed by atoms with van der Waals surface area (Å²) in [7, 11) is 0. The largest absolute Gasteiger partial charge is 0.463 e. The number of hydrogen-bond acceptors (Lipinski definition) is 4. The second-order valence-electron chi connectivity index (χ2n) is 5.19. The highest BCUT2D eigenvalue weighted by atomic mass is 16.3. The molecule has 0 aromatic carbocycles. The van der Waals surface area contributed by atoms with Crippen LogP contribution in [0.3, 0.4) is 0 Å². The lowest BCUT2D eigenvalue weighted by Gasteiger charge is -2.21. The van der Waals surface area contributed by atoms with Gasteiger partial charge < -0.3 is 9.32 Å². The number of carbonyl (C=O) groups excluding carboxylic acids is 1. The highest BCUT2D eigenvalue weighted by Crippen LogP contribution is 2.18. The fraction of sp³-hybridized carbons (Fsp3) is 0.400. The molecule has 21 heavy (non-hydrogen) atoms. The molecule has 6 nitrogen and oxygen atoms in total. The summed E-state index contributed by atoms with van der Waals surface area (Å²) in [6.07, 6.45) is 3.59. The van der Waals surface area contributed by atoms with E-state index in [0.29, 0.717) is 11.5 Å². The summed E-state index contributed by atoms with van der Waals surface area (Å²) < 4.78 is 6.52. The van der Waals surface area contributed by atoms with Crippen molar-refractivity contribution < 1.29 is 9.21 Å². The van der Waals surface area contributed by atoms with Gasteiger partial charge in [0.15, 0.2) is 5.76 Å². The number of rotatable bonds is 3. The SMILES string of the molecule is CC(C(=O)N1CCCC1)n1nc(-c2ccco2)ccc1=O. The molecule has 0 saturated carbocycles. The normalized spacial score (nSPS) is 16.1. The topological polar surface area (TPSA) is 68.3 Å². The summed E-state index contributed by atoms with van der Waals surface area (Å²) in [6, 6.07) is 5.93. The quantitative estimate of drug-likeness (QED) is 0.861. The molecule has 2 aromatic rings. The molecule has 1 amide bonds. The molecule has 1 saturated heterocycles. The van der Waals surface area contributed by atoms with Gasteiger partial charge in [0.2, 0.25) is 5.91 Å². The van der Waals surface area contributed by atoms with Crippen molar-refractivity contribution in [1.82, 2.24) is 14.7 Å². The number of likely N-dealkylation sites (tertiary alicyclic amines) is 1. The van der Waals surface area contributed by atoms with Crippen LogP contribution in [0.5, 0.6) is 0 Å². The lowest BCUT2D eigenvalue weighted by molar-refractivity contribution is -0.133. The predicted molar refractivity (Wildman–Crippen MR) is 76.7 cm³/mol. The van der Waals surface area contributed by atoms with Crippen LogP contribution in [0.25, 0.3) is 11.5 Å². The van der Waals surface area contributed by atoms with E-state index in [1.165, 1.54) is 10.7 Å². The molecule has 1 atom stereocenters. The van der Waals surface area contributed by atoms with E-state index in [9.17, 15) is 9.59 Å². The molecule has 0 aliphatic carbocycles. The molecule has 3 rings (SSSR count). The number of aromatic nitrogens is 2. The zero-order valence-electron chi connectivity index (χ0n) is 11.9. The van der Waals surface area contributed by atoms with Crippen molar-refractivity contribution in [3.8, 4) is 11.5 Å². The van der Waals surface area contributed by atoms with E-state index >= 15 is 0 Å². The van der Waals surface area contributed by atoms with Crippen LogP contribution in [0.1, 0.15) is 25.8 Å². The van der Waals surface area contributed by atoms with Gasteiger partial charge in [0, 0.05) is 19.2 Å². The van der Waals surface area contributed by atoms with Crippen molar-refractivity contribution in [1.29, 1.82) is 0 Å². The molecule has 0 bridgehead atoms. The molecule has 0 N–H and O–H groups in total. The summed E-state index contributed by atoms with van der Waals surface area (Å²) >= 11 is 0. The first-order valence-corrected chi connectivity index (χ1v) is 7.09. The number of nitrogens with zero attached hydrogens (tertiary/aromatic N) is 3. The van der Waals surface area contributed by atoms with E-state index in [1.807, 2.05) is 0 Å². The minimum absolute atomic E-state index is 0.0568. The molecule has 3 heterocycles. The summed E-state index contributed by atoms with van der Waals surface area (Å²) in [6.45, 7) is 3.23. The summed E-state index contributed by atoms with van der Waals surface area (Å²) in [5, 5.41) is 4.27. The molecular weight excluding hydrogens is 270 g/mol. The molecule has 1 aliphatic rings. The smallest absolute Gasteiger partial charge is 0.267 e. The van der Waals surface area contributed by atoms with Crippen LogP contribution >= 0.6 is 0 Å². The summed E-state index contributed by atoms with van der Waals surface area (Å²) in [4.78, 5) is 26.2. The van der Waals surface area contributed by atoms with Gasteiger partial charge in [-0.2, -0.15) is 5.10 Å². The standard InChI is InChI=1S/C15H17N3O3/c1-11(15(20)17-8-2-3-9-17)18-14(19)7-6-12(16-18)13-5-4-10-21-13/h4-7,10-11H,2-3,8-9H2,1H3. The molecule has 1 fully saturated rings. The first-order valence-electron chi connectivity index (χ1n) is 7.09. The Labute approximate surface area is 122 Å². The van der Waals surface area contributed by atoms with Gasteiger partial charge in [-0.1, -0.05) is 0 Å². The van der Waals surface area contributed by atoms with Crippen molar-refractivity contribution in [2.75, 3.05) is 13.1 Å². The van der Waals surface area contributed by atoms with E-state index in [2.05, 4.69) is 5.10 Å². The molecule has 2 aromatic heterocycles. The Morgan fingerprint density at radius 3 is 2.71 bits per heavy atom. The zero-order chi connectivity index (χ0) is 14.8. The molecule has 1 unspecified atom stereocenters. The molecule has 110 valence electrons. The number of carbonyl (C=O) groups is 1. The van der Waals surface area contributed by atoms with Gasteiger partial charge in [0.05, 0.1) is 6.26 Å². The van der Waals surface area contributed by atoms with Crippen LogP contribution < -0.4 is 5.56 Å². The van der Waals surface area contributed by atoms with Crippen molar-refractivity contribution in [2.24, 2.45) is 0 Å². The van der Waals surface area contributed by atoms with E-state index in [1.54, 1.807) is 36.3 Å². The van der Waals surface area contributed by atoms with Crippen molar-refractivity contribution >= 4 is 5.91 Å². The Balaban J connectivity index is 1.91. The maximum absolute atomic E-state index is 12.4. The van der Waals surface area contributed by atoms with Crippen LogP contribution in [-0.4, -0.2) is 33.7 Å². The van der Waals surface area contributed by atoms with Crippen molar-refractivity contribution in [2.45, 2.75) is 25.8 Å². The Kier molecular flexibility index (Phi) is 3.60. The van der Waals surface area contributed by atoms with Gasteiger partial charge >= 0.3 is 0 Å². The molecule has 6 heteroatoms. The third-order valence-electron chi connectivity index (χ3n) is 3.74. The maximum atomic E-state index is 12.4. The number of furan rings is 1. The first kappa shape index (κ1) is 13.6. The molecule has 1 aliphatic heterocycles. The zero-order valence-corrected chi connectivity index (χ0v) is 11.9. The van der Waals surface area contributed by atoms with Gasteiger partial charge in [-0.05, 0) is 38.0 Å². The van der Waals surface area contributed by atoms with Gasteiger partial charge in [-0.15, -0.1) is 0 Å². The lowest BCUT2D eigenvalue weighted by Crippen LogP contribution is -2.38. The second-order valence-corrected chi connectivity index (χ2v) is 5.19. The minimum atomic E-state index is -0.606. The highest BCUT2D eigenvalue weighted by molar-refractivity contribution is 5.80. The Morgan fingerprint density at radius 1 is 1.29 bits per heavy atom. The van der Waals surface area contributed by atoms with Crippen LogP contribution in [0.4, 0.5) is 0 Å². The van der Waals surface area contributed by atoms with E-state index in [4.69, 9.17) is 4.42 Å². The maximum Gasteiger partial charge on any atom is 0.267 e. The van der Waals surface area contributed by atoms with Crippen molar-refractivity contribution in [3.63, 3.8) is 0 Å². The van der Waals surface area contributed by atoms with Crippen LogP contribution in [0, 0.1) is 0 Å². The third-order valence-corrected chi connectivity index (χ3v) is 3.74. The van der Waals surface area contributed by atoms with Gasteiger partial charge in [-0.25, -0.2) is 4.68 Å². The fourth-order valence-corrected chi connectivity index (χ4v) is 2.56. The van der Waals surface area contributed by atoms with Crippen LogP contribution in [0.15, 0.2) is 39.7 Å². The highest BCUT2D eigenvalue weighted by Gasteiger charge is 2.26. The fourth-order valence-electron chi connectivity index (χ4n) is 2.56. The average molecular weight is 287 g/mol. The Hall–Kier alpha value is -2.37. The van der Waals surface area contributed by atoms with Crippen LogP contribution in [0.2, 0.25) is 0 Å². The second kappa shape index (κ2) is 5.55. The molecular formula is C15H17N3O3. The van der Waals surface area contributed by atoms with Gasteiger partial charge in [0.1, 0.15) is 11.7 Å². The Bertz CT molecular complexity index is 684. The summed E-state index contributed by atoms with van der Waals surface area (Å²) in [5.41, 5.74) is 0.256. The van der Waals surface area contributed by atoms with Crippen LogP contribution in [-0.2, 0) is 4.79 Å². The monoisotopic (exact) mass is 287 g/mol. The number of hydrogen-bond donors (Lipinski definition) is 0. The van der Waals surface area contributed by atoms with E-state index < -0.39 is 6.04 Å². The predicted octanol–water partition coefficient (Wildman–Crippen LogP) is 1.69. The molecule has 0 radical (unpaired) electrons. The summed E-state index contributed by atoms with van der Waals surface area (Å²) in [5.74, 6) is 0.517. The average Bonchev–Trinajstić information content (AvgIpc) is 3.19. The minimum Gasteiger partial charge on any atom is -0.463 e. The van der Waals surface area contributed by atoms with Gasteiger partial charge in [-0.3, -0.25) is 9.59 Å². The van der Waals surface area contributed by atoms with E-state index in [-0.39, 0.29) is 11.5 Å².